The maximum absolute atomic E-state index is 4.55. The van der Waals surface area contributed by atoms with Gasteiger partial charge >= 0.3 is 0 Å². The van der Waals surface area contributed by atoms with Crippen LogP contribution in [0.15, 0.2) is 67.4 Å². The van der Waals surface area contributed by atoms with Gasteiger partial charge in [0.2, 0.25) is 0 Å². The summed E-state index contributed by atoms with van der Waals surface area (Å²) in [4.78, 5) is 11.3. The summed E-state index contributed by atoms with van der Waals surface area (Å²) in [5.74, 6) is 0. The first-order valence-electron chi connectivity index (χ1n) is 8.97. The molecule has 1 saturated heterocycles. The zero-order chi connectivity index (χ0) is 17.8. The normalized spacial score (nSPS) is 23.0. The number of aromatic nitrogens is 4. The Morgan fingerprint density at radius 1 is 1.04 bits per heavy atom. The van der Waals surface area contributed by atoms with E-state index in [4.69, 9.17) is 0 Å². The molecule has 0 saturated carbocycles. The molecule has 0 spiro atoms. The molecule has 0 amide bonds. The van der Waals surface area contributed by atoms with Crippen molar-refractivity contribution in [3.05, 3.63) is 78.6 Å². The average molecular weight is 346 g/mol. The third kappa shape index (κ3) is 3.15. The molecule has 3 atom stereocenters. The Hall–Kier alpha value is -2.86. The van der Waals surface area contributed by atoms with Gasteiger partial charge in [-0.25, -0.2) is 0 Å². The first-order chi connectivity index (χ1) is 12.9. The SMILES string of the molecule is CCC1C(c2cnccn2)NCC(c2ccccc2)N1c1ccnnc1. The van der Waals surface area contributed by atoms with E-state index in [1.807, 2.05) is 18.5 Å². The second kappa shape index (κ2) is 7.58. The molecule has 0 radical (unpaired) electrons. The van der Waals surface area contributed by atoms with E-state index in [9.17, 15) is 0 Å². The third-order valence-corrected chi connectivity index (χ3v) is 4.98. The van der Waals surface area contributed by atoms with Crippen molar-refractivity contribution in [1.29, 1.82) is 0 Å². The summed E-state index contributed by atoms with van der Waals surface area (Å²) >= 11 is 0. The molecule has 6 heteroatoms. The molecule has 1 aliphatic rings. The van der Waals surface area contributed by atoms with Gasteiger partial charge in [0.05, 0.1) is 48.1 Å². The predicted octanol–water partition coefficient (Wildman–Crippen LogP) is 2.94. The van der Waals surface area contributed by atoms with Gasteiger partial charge in [-0.2, -0.15) is 10.2 Å². The summed E-state index contributed by atoms with van der Waals surface area (Å²) in [6.07, 6.45) is 9.89. The number of piperazine rings is 1. The summed E-state index contributed by atoms with van der Waals surface area (Å²) in [6.45, 7) is 3.04. The molecule has 1 aromatic carbocycles. The number of hydrogen-bond acceptors (Lipinski definition) is 6. The fourth-order valence-electron chi connectivity index (χ4n) is 3.83. The molecular weight excluding hydrogens is 324 g/mol. The summed E-state index contributed by atoms with van der Waals surface area (Å²) in [5.41, 5.74) is 3.34. The monoisotopic (exact) mass is 346 g/mol. The maximum atomic E-state index is 4.55. The van der Waals surface area contributed by atoms with Crippen molar-refractivity contribution in [3.8, 4) is 0 Å². The van der Waals surface area contributed by atoms with E-state index in [0.717, 1.165) is 24.3 Å². The molecule has 1 N–H and O–H groups in total. The highest BCUT2D eigenvalue weighted by atomic mass is 15.3. The van der Waals surface area contributed by atoms with Crippen LogP contribution in [-0.2, 0) is 0 Å². The minimum Gasteiger partial charge on any atom is -0.357 e. The van der Waals surface area contributed by atoms with Crippen molar-refractivity contribution < 1.29 is 0 Å². The molecule has 3 heterocycles. The lowest BCUT2D eigenvalue weighted by molar-refractivity contribution is 0.310. The van der Waals surface area contributed by atoms with E-state index in [1.54, 1.807) is 18.6 Å². The standard InChI is InChI=1S/C20H22N6/c1-2-18-20(17-13-21-10-11-22-17)23-14-19(15-6-4-3-5-7-15)26(18)16-8-9-24-25-12-16/h3-13,18-20,23H,2,14H2,1H3. The number of nitrogens with zero attached hydrogens (tertiary/aromatic N) is 5. The van der Waals surface area contributed by atoms with E-state index in [1.165, 1.54) is 5.56 Å². The summed E-state index contributed by atoms with van der Waals surface area (Å²) in [5, 5.41) is 11.8. The quantitative estimate of drug-likeness (QED) is 0.783. The van der Waals surface area contributed by atoms with Crippen LogP contribution in [0.3, 0.4) is 0 Å². The van der Waals surface area contributed by atoms with E-state index in [0.29, 0.717) is 0 Å². The van der Waals surface area contributed by atoms with Crippen LogP contribution in [0, 0.1) is 0 Å². The smallest absolute Gasteiger partial charge is 0.0777 e. The number of rotatable bonds is 4. The van der Waals surface area contributed by atoms with E-state index >= 15 is 0 Å². The first-order valence-corrected chi connectivity index (χ1v) is 8.97. The van der Waals surface area contributed by atoms with Gasteiger partial charge in [0.15, 0.2) is 0 Å². The number of nitrogens with one attached hydrogen (secondary N) is 1. The number of anilines is 1. The van der Waals surface area contributed by atoms with Gasteiger partial charge in [-0.3, -0.25) is 9.97 Å². The van der Waals surface area contributed by atoms with E-state index < -0.39 is 0 Å². The topological polar surface area (TPSA) is 66.8 Å². The highest BCUT2D eigenvalue weighted by Crippen LogP contribution is 2.37. The zero-order valence-electron chi connectivity index (χ0n) is 14.7. The molecule has 26 heavy (non-hydrogen) atoms. The van der Waals surface area contributed by atoms with Gasteiger partial charge in [-0.15, -0.1) is 0 Å². The van der Waals surface area contributed by atoms with Crippen LogP contribution in [-0.4, -0.2) is 32.8 Å². The Kier molecular flexibility index (Phi) is 4.84. The van der Waals surface area contributed by atoms with Crippen LogP contribution < -0.4 is 10.2 Å². The molecule has 0 bridgehead atoms. The average Bonchev–Trinajstić information content (AvgIpc) is 2.74. The Labute approximate surface area is 153 Å². The fourth-order valence-corrected chi connectivity index (χ4v) is 3.83. The maximum Gasteiger partial charge on any atom is 0.0777 e. The van der Waals surface area contributed by atoms with Gasteiger partial charge in [-0.05, 0) is 18.1 Å². The van der Waals surface area contributed by atoms with E-state index in [2.05, 4.69) is 67.6 Å². The molecule has 132 valence electrons. The van der Waals surface area contributed by atoms with Crippen molar-refractivity contribution in [1.82, 2.24) is 25.5 Å². The predicted molar refractivity (Wildman–Crippen MR) is 101 cm³/mol. The molecule has 1 fully saturated rings. The van der Waals surface area contributed by atoms with Gasteiger partial charge in [0.1, 0.15) is 0 Å². The molecule has 3 unspecified atom stereocenters. The molecule has 0 aliphatic carbocycles. The Morgan fingerprint density at radius 3 is 2.62 bits per heavy atom. The lowest BCUT2D eigenvalue weighted by Crippen LogP contribution is -2.55. The zero-order valence-corrected chi connectivity index (χ0v) is 14.7. The van der Waals surface area contributed by atoms with Crippen molar-refractivity contribution in [2.45, 2.75) is 31.5 Å². The summed E-state index contributed by atoms with van der Waals surface area (Å²) < 4.78 is 0. The second-order valence-electron chi connectivity index (χ2n) is 6.43. The van der Waals surface area contributed by atoms with Crippen molar-refractivity contribution in [2.24, 2.45) is 0 Å². The van der Waals surface area contributed by atoms with Crippen molar-refractivity contribution >= 4 is 5.69 Å². The molecular formula is C20H22N6. The summed E-state index contributed by atoms with van der Waals surface area (Å²) in [7, 11) is 0. The van der Waals surface area contributed by atoms with Gasteiger partial charge in [0, 0.05) is 18.9 Å². The lowest BCUT2D eigenvalue weighted by Gasteiger charge is -2.48. The Morgan fingerprint density at radius 2 is 1.92 bits per heavy atom. The van der Waals surface area contributed by atoms with Gasteiger partial charge < -0.3 is 10.2 Å². The van der Waals surface area contributed by atoms with Gasteiger partial charge in [0.25, 0.3) is 0 Å². The largest absolute Gasteiger partial charge is 0.357 e. The first kappa shape index (κ1) is 16.6. The van der Waals surface area contributed by atoms with Crippen LogP contribution >= 0.6 is 0 Å². The minimum atomic E-state index is 0.113. The van der Waals surface area contributed by atoms with Crippen molar-refractivity contribution in [3.63, 3.8) is 0 Å². The third-order valence-electron chi connectivity index (χ3n) is 4.98. The minimum absolute atomic E-state index is 0.113. The highest BCUT2D eigenvalue weighted by molar-refractivity contribution is 5.49. The Balaban J connectivity index is 1.76. The van der Waals surface area contributed by atoms with Crippen LogP contribution in [0.1, 0.15) is 36.7 Å². The Bertz CT molecular complexity index is 811. The van der Waals surface area contributed by atoms with E-state index in [-0.39, 0.29) is 18.1 Å². The lowest BCUT2D eigenvalue weighted by atomic mass is 9.91. The van der Waals surface area contributed by atoms with Crippen LogP contribution in [0.2, 0.25) is 0 Å². The molecule has 3 aromatic rings. The van der Waals surface area contributed by atoms with Crippen LogP contribution in [0.4, 0.5) is 5.69 Å². The molecule has 2 aromatic heterocycles. The number of benzene rings is 1. The molecule has 6 nitrogen and oxygen atoms in total. The second-order valence-corrected chi connectivity index (χ2v) is 6.43. The van der Waals surface area contributed by atoms with Crippen LogP contribution in [0.5, 0.6) is 0 Å². The number of hydrogen-bond donors (Lipinski definition) is 1. The highest BCUT2D eigenvalue weighted by Gasteiger charge is 2.38. The fraction of sp³-hybridized carbons (Fsp3) is 0.300. The van der Waals surface area contributed by atoms with Gasteiger partial charge in [-0.1, -0.05) is 37.3 Å². The molecule has 4 rings (SSSR count). The molecule has 1 aliphatic heterocycles. The summed E-state index contributed by atoms with van der Waals surface area (Å²) in [6, 6.07) is 13.2. The van der Waals surface area contributed by atoms with Crippen LogP contribution in [0.25, 0.3) is 0 Å². The van der Waals surface area contributed by atoms with Crippen molar-refractivity contribution in [2.75, 3.05) is 11.4 Å².